The second-order valence-corrected chi connectivity index (χ2v) is 4.74. The molecule has 0 aliphatic carbocycles. The molecule has 0 bridgehead atoms. The zero-order chi connectivity index (χ0) is 10.7. The van der Waals surface area contributed by atoms with Gasteiger partial charge < -0.3 is 5.73 Å². The lowest BCUT2D eigenvalue weighted by Crippen LogP contribution is -2.13. The van der Waals surface area contributed by atoms with Crippen LogP contribution in [0.2, 0.25) is 0 Å². The number of thiophene rings is 1. The molecule has 3 heteroatoms. The first-order valence-corrected chi connectivity index (χ1v) is 5.84. The maximum Gasteiger partial charge on any atom is 0.0422 e. The van der Waals surface area contributed by atoms with Crippen LogP contribution in [-0.2, 0) is 6.42 Å². The molecule has 0 aliphatic rings. The maximum absolute atomic E-state index is 6.11. The highest BCUT2D eigenvalue weighted by Gasteiger charge is 2.08. The number of aryl methyl sites for hydroxylation is 1. The van der Waals surface area contributed by atoms with E-state index in [1.807, 2.05) is 18.2 Å². The fourth-order valence-electron chi connectivity index (χ4n) is 1.52. The fourth-order valence-corrected chi connectivity index (χ4v) is 2.29. The van der Waals surface area contributed by atoms with Crippen LogP contribution < -0.4 is 5.73 Å². The molecule has 1 unspecified atom stereocenters. The molecule has 15 heavy (non-hydrogen) atoms. The molecular formula is C12H14N2S. The molecule has 0 aromatic carbocycles. The third-order valence-electron chi connectivity index (χ3n) is 2.33. The van der Waals surface area contributed by atoms with Crippen molar-refractivity contribution in [2.45, 2.75) is 19.4 Å². The smallest absolute Gasteiger partial charge is 0.0422 e. The summed E-state index contributed by atoms with van der Waals surface area (Å²) in [7, 11) is 0. The predicted molar refractivity (Wildman–Crippen MR) is 63.9 cm³/mol. The molecule has 2 aromatic rings. The van der Waals surface area contributed by atoms with Gasteiger partial charge in [0, 0.05) is 29.2 Å². The van der Waals surface area contributed by atoms with Crippen molar-refractivity contribution in [2.24, 2.45) is 5.73 Å². The molecule has 2 heterocycles. The summed E-state index contributed by atoms with van der Waals surface area (Å²) in [4.78, 5) is 5.58. The van der Waals surface area contributed by atoms with E-state index >= 15 is 0 Å². The summed E-state index contributed by atoms with van der Waals surface area (Å²) in [6, 6.07) is 8.14. The molecule has 2 nitrogen and oxygen atoms in total. The Hall–Kier alpha value is -1.19. The lowest BCUT2D eigenvalue weighted by molar-refractivity contribution is 0.709. The summed E-state index contributed by atoms with van der Waals surface area (Å²) >= 11 is 1.74. The molecule has 0 amide bonds. The summed E-state index contributed by atoms with van der Waals surface area (Å²) in [6.07, 6.45) is 2.61. The van der Waals surface area contributed by atoms with E-state index in [1.54, 1.807) is 17.5 Å². The van der Waals surface area contributed by atoms with Gasteiger partial charge in [-0.2, -0.15) is 0 Å². The average molecular weight is 218 g/mol. The van der Waals surface area contributed by atoms with Crippen molar-refractivity contribution < 1.29 is 0 Å². The lowest BCUT2D eigenvalue weighted by atomic mass is 10.1. The first kappa shape index (κ1) is 10.3. The highest BCUT2D eigenvalue weighted by molar-refractivity contribution is 7.10. The van der Waals surface area contributed by atoms with Crippen LogP contribution in [0.5, 0.6) is 0 Å². The van der Waals surface area contributed by atoms with Crippen molar-refractivity contribution in [1.29, 1.82) is 0 Å². The number of aromatic nitrogens is 1. The molecule has 0 aliphatic heterocycles. The van der Waals surface area contributed by atoms with E-state index in [0.717, 1.165) is 12.1 Å². The zero-order valence-corrected chi connectivity index (χ0v) is 9.50. The summed E-state index contributed by atoms with van der Waals surface area (Å²) < 4.78 is 0. The lowest BCUT2D eigenvalue weighted by Gasteiger charge is -2.08. The summed E-state index contributed by atoms with van der Waals surface area (Å²) in [5.41, 5.74) is 8.37. The number of hydrogen-bond acceptors (Lipinski definition) is 3. The molecule has 0 radical (unpaired) electrons. The van der Waals surface area contributed by atoms with Crippen LogP contribution in [0, 0.1) is 6.92 Å². The minimum Gasteiger partial charge on any atom is -0.324 e. The summed E-state index contributed by atoms with van der Waals surface area (Å²) in [5, 5.41) is 2.13. The first-order chi connectivity index (χ1) is 7.25. The molecule has 1 atom stereocenters. The van der Waals surface area contributed by atoms with Crippen molar-refractivity contribution in [3.63, 3.8) is 0 Å². The molecule has 0 saturated heterocycles. The van der Waals surface area contributed by atoms with Gasteiger partial charge in [0.05, 0.1) is 0 Å². The molecule has 2 rings (SSSR count). The van der Waals surface area contributed by atoms with Crippen LogP contribution in [-0.4, -0.2) is 4.98 Å². The van der Waals surface area contributed by atoms with Gasteiger partial charge in [-0.1, -0.05) is 6.07 Å². The van der Waals surface area contributed by atoms with Gasteiger partial charge in [0.25, 0.3) is 0 Å². The van der Waals surface area contributed by atoms with Crippen LogP contribution in [0.1, 0.15) is 22.2 Å². The number of rotatable bonds is 3. The fraction of sp³-hybridized carbons (Fsp3) is 0.250. The number of nitrogens with zero attached hydrogens (tertiary/aromatic N) is 1. The normalized spacial score (nSPS) is 12.7. The van der Waals surface area contributed by atoms with Crippen molar-refractivity contribution in [1.82, 2.24) is 4.98 Å². The topological polar surface area (TPSA) is 38.9 Å². The molecule has 0 saturated carbocycles. The van der Waals surface area contributed by atoms with Gasteiger partial charge in [0.1, 0.15) is 0 Å². The van der Waals surface area contributed by atoms with E-state index in [1.165, 1.54) is 10.4 Å². The van der Waals surface area contributed by atoms with Crippen molar-refractivity contribution >= 4 is 11.3 Å². The van der Waals surface area contributed by atoms with Crippen molar-refractivity contribution in [2.75, 3.05) is 0 Å². The predicted octanol–water partition coefficient (Wildman–Crippen LogP) is 2.69. The number of nitrogens with two attached hydrogens (primary N) is 1. The maximum atomic E-state index is 6.11. The minimum atomic E-state index is 0.0600. The standard InChI is InChI=1S/C12H14N2S/c1-9-6-10(8-15-9)12(13)7-11-4-2-3-5-14-11/h2-6,8,12H,7,13H2,1H3. The van der Waals surface area contributed by atoms with Crippen LogP contribution in [0.15, 0.2) is 35.8 Å². The van der Waals surface area contributed by atoms with E-state index in [4.69, 9.17) is 5.73 Å². The van der Waals surface area contributed by atoms with E-state index in [-0.39, 0.29) is 6.04 Å². The average Bonchev–Trinajstić information content (AvgIpc) is 2.66. The highest BCUT2D eigenvalue weighted by Crippen LogP contribution is 2.20. The minimum absolute atomic E-state index is 0.0600. The van der Waals surface area contributed by atoms with E-state index < -0.39 is 0 Å². The molecule has 2 N–H and O–H groups in total. The number of hydrogen-bond donors (Lipinski definition) is 1. The Morgan fingerprint density at radius 3 is 2.93 bits per heavy atom. The van der Waals surface area contributed by atoms with Gasteiger partial charge in [0.15, 0.2) is 0 Å². The van der Waals surface area contributed by atoms with Crippen LogP contribution in [0.25, 0.3) is 0 Å². The summed E-state index contributed by atoms with van der Waals surface area (Å²) in [6.45, 7) is 2.10. The largest absolute Gasteiger partial charge is 0.324 e. The molecule has 2 aromatic heterocycles. The van der Waals surface area contributed by atoms with Gasteiger partial charge >= 0.3 is 0 Å². The van der Waals surface area contributed by atoms with Crippen LogP contribution in [0.3, 0.4) is 0 Å². The Balaban J connectivity index is 2.07. The Bertz CT molecular complexity index is 422. The quantitative estimate of drug-likeness (QED) is 0.860. The highest BCUT2D eigenvalue weighted by atomic mass is 32.1. The van der Waals surface area contributed by atoms with Gasteiger partial charge in [-0.05, 0) is 36.1 Å². The Labute approximate surface area is 93.8 Å². The van der Waals surface area contributed by atoms with E-state index in [0.29, 0.717) is 0 Å². The zero-order valence-electron chi connectivity index (χ0n) is 8.68. The second kappa shape index (κ2) is 4.55. The van der Waals surface area contributed by atoms with Crippen molar-refractivity contribution in [3.8, 4) is 0 Å². The Kier molecular flexibility index (Phi) is 3.14. The molecular weight excluding hydrogens is 204 g/mol. The van der Waals surface area contributed by atoms with Gasteiger partial charge in [-0.3, -0.25) is 4.98 Å². The van der Waals surface area contributed by atoms with E-state index in [2.05, 4.69) is 23.4 Å². The number of pyridine rings is 1. The first-order valence-electron chi connectivity index (χ1n) is 4.96. The summed E-state index contributed by atoms with van der Waals surface area (Å²) in [5.74, 6) is 0. The van der Waals surface area contributed by atoms with Crippen LogP contribution >= 0.6 is 11.3 Å². The molecule has 78 valence electrons. The van der Waals surface area contributed by atoms with Crippen molar-refractivity contribution in [3.05, 3.63) is 52.0 Å². The molecule has 0 fully saturated rings. The third kappa shape index (κ3) is 2.64. The van der Waals surface area contributed by atoms with Gasteiger partial charge in [-0.25, -0.2) is 0 Å². The Morgan fingerprint density at radius 1 is 1.47 bits per heavy atom. The monoisotopic (exact) mass is 218 g/mol. The second-order valence-electron chi connectivity index (χ2n) is 3.62. The SMILES string of the molecule is Cc1cc(C(N)Cc2ccccn2)cs1. The Morgan fingerprint density at radius 2 is 2.33 bits per heavy atom. The van der Waals surface area contributed by atoms with Gasteiger partial charge in [-0.15, -0.1) is 11.3 Å². The van der Waals surface area contributed by atoms with E-state index in [9.17, 15) is 0 Å². The van der Waals surface area contributed by atoms with Gasteiger partial charge in [0.2, 0.25) is 0 Å². The third-order valence-corrected chi connectivity index (χ3v) is 3.21. The van der Waals surface area contributed by atoms with Crippen LogP contribution in [0.4, 0.5) is 0 Å². The molecule has 0 spiro atoms.